The molecule has 0 aliphatic carbocycles. The Balaban J connectivity index is 1.59. The Morgan fingerprint density at radius 3 is 2.64 bits per heavy atom. The van der Waals surface area contributed by atoms with E-state index in [1.165, 1.54) is 0 Å². The second kappa shape index (κ2) is 8.37. The van der Waals surface area contributed by atoms with Crippen molar-refractivity contribution in [1.29, 1.82) is 0 Å². The molecule has 1 atom stereocenters. The Morgan fingerprint density at radius 1 is 1.12 bits per heavy atom. The molecule has 0 saturated heterocycles. The molecule has 2 N–H and O–H groups in total. The zero-order valence-corrected chi connectivity index (χ0v) is 15.2. The summed E-state index contributed by atoms with van der Waals surface area (Å²) in [6.07, 6.45) is 2.86. The number of fused-ring (bicyclic) bond motifs is 1. The molecule has 0 aliphatic rings. The van der Waals surface area contributed by atoms with Crippen LogP contribution in [0.3, 0.4) is 0 Å². The van der Waals surface area contributed by atoms with Gasteiger partial charge in [-0.1, -0.05) is 30.7 Å². The van der Waals surface area contributed by atoms with Crippen LogP contribution in [0.1, 0.15) is 38.1 Å². The molecule has 3 aromatic rings. The average Bonchev–Trinajstić information content (AvgIpc) is 3.01. The molecule has 5 heteroatoms. The lowest BCUT2D eigenvalue weighted by molar-refractivity contribution is 0.303. The number of ether oxygens (including phenoxy) is 1. The Labute approximate surface area is 153 Å². The molecule has 132 valence electrons. The highest BCUT2D eigenvalue weighted by Gasteiger charge is 2.15. The van der Waals surface area contributed by atoms with Gasteiger partial charge in [0, 0.05) is 11.6 Å². The molecule has 0 radical (unpaired) electrons. The van der Waals surface area contributed by atoms with Crippen molar-refractivity contribution in [3.8, 4) is 5.75 Å². The van der Waals surface area contributed by atoms with Crippen molar-refractivity contribution < 1.29 is 4.74 Å². The summed E-state index contributed by atoms with van der Waals surface area (Å²) < 4.78 is 8.01. The maximum Gasteiger partial charge on any atom is 0.126 e. The van der Waals surface area contributed by atoms with Crippen molar-refractivity contribution >= 4 is 22.6 Å². The third-order valence-corrected chi connectivity index (χ3v) is 4.57. The minimum absolute atomic E-state index is 0.0299. The number of hydrogen-bond acceptors (Lipinski definition) is 3. The molecule has 2 aromatic carbocycles. The van der Waals surface area contributed by atoms with E-state index in [9.17, 15) is 0 Å². The zero-order valence-electron chi connectivity index (χ0n) is 14.5. The Kier molecular flexibility index (Phi) is 5.95. The molecular weight excluding hydrogens is 334 g/mol. The van der Waals surface area contributed by atoms with E-state index < -0.39 is 0 Å². The highest BCUT2D eigenvalue weighted by molar-refractivity contribution is 6.30. The van der Waals surface area contributed by atoms with E-state index in [1.807, 2.05) is 42.5 Å². The first kappa shape index (κ1) is 17.8. The lowest BCUT2D eigenvalue weighted by Gasteiger charge is -2.13. The molecule has 25 heavy (non-hydrogen) atoms. The normalized spacial score (nSPS) is 12.4. The third kappa shape index (κ3) is 4.33. The van der Waals surface area contributed by atoms with Crippen LogP contribution in [0, 0.1) is 0 Å². The second-order valence-corrected chi connectivity index (χ2v) is 6.57. The van der Waals surface area contributed by atoms with Crippen LogP contribution in [0.15, 0.2) is 48.5 Å². The topological polar surface area (TPSA) is 53.1 Å². The molecule has 0 saturated carbocycles. The first-order valence-electron chi connectivity index (χ1n) is 8.78. The number of para-hydroxylation sites is 2. The summed E-state index contributed by atoms with van der Waals surface area (Å²) in [7, 11) is 0. The Bertz CT molecular complexity index is 813. The fourth-order valence-corrected chi connectivity index (χ4v) is 3.01. The van der Waals surface area contributed by atoms with Gasteiger partial charge < -0.3 is 15.0 Å². The standard InChI is InChI=1S/C20H24ClN3O/c1-2-17(22)20-23-18-7-3-4-8-19(18)24(20)13-5-6-14-25-16-11-9-15(21)10-12-16/h3-4,7-12,17H,2,5-6,13-14,22H2,1H3. The Hall–Kier alpha value is -2.04. The fourth-order valence-electron chi connectivity index (χ4n) is 2.89. The molecule has 0 bridgehead atoms. The van der Waals surface area contributed by atoms with Crippen molar-refractivity contribution in [3.05, 3.63) is 59.4 Å². The van der Waals surface area contributed by atoms with Gasteiger partial charge in [0.15, 0.2) is 0 Å². The number of halogens is 1. The number of unbranched alkanes of at least 4 members (excludes halogenated alkanes) is 1. The van der Waals surface area contributed by atoms with E-state index in [-0.39, 0.29) is 6.04 Å². The maximum absolute atomic E-state index is 6.26. The molecule has 0 aliphatic heterocycles. The van der Waals surface area contributed by atoms with Crippen LogP contribution in [0.4, 0.5) is 0 Å². The number of benzene rings is 2. The number of nitrogens with zero attached hydrogens (tertiary/aromatic N) is 2. The van der Waals surface area contributed by atoms with Crippen LogP contribution >= 0.6 is 11.6 Å². The molecule has 1 aromatic heterocycles. The average molecular weight is 358 g/mol. The summed E-state index contributed by atoms with van der Waals surface area (Å²) in [5.41, 5.74) is 8.42. The largest absolute Gasteiger partial charge is 0.494 e. The van der Waals surface area contributed by atoms with Crippen LogP contribution in [0.2, 0.25) is 5.02 Å². The summed E-state index contributed by atoms with van der Waals surface area (Å²) in [6, 6.07) is 15.7. The number of aromatic nitrogens is 2. The predicted molar refractivity (Wildman–Crippen MR) is 103 cm³/mol. The summed E-state index contributed by atoms with van der Waals surface area (Å²) in [4.78, 5) is 4.73. The summed E-state index contributed by atoms with van der Waals surface area (Å²) in [6.45, 7) is 3.67. The lowest BCUT2D eigenvalue weighted by Crippen LogP contribution is -2.16. The number of hydrogen-bond donors (Lipinski definition) is 1. The van der Waals surface area contributed by atoms with E-state index in [0.717, 1.165) is 53.4 Å². The maximum atomic E-state index is 6.26. The zero-order chi connectivity index (χ0) is 17.6. The first-order valence-corrected chi connectivity index (χ1v) is 9.16. The number of nitrogens with two attached hydrogens (primary N) is 1. The highest BCUT2D eigenvalue weighted by Crippen LogP contribution is 2.22. The third-order valence-electron chi connectivity index (χ3n) is 4.31. The van der Waals surface area contributed by atoms with Gasteiger partial charge in [-0.2, -0.15) is 0 Å². The molecular formula is C20H24ClN3O. The van der Waals surface area contributed by atoms with Gasteiger partial charge in [-0.3, -0.25) is 0 Å². The summed E-state index contributed by atoms with van der Waals surface area (Å²) >= 11 is 5.88. The van der Waals surface area contributed by atoms with Crippen LogP contribution in [-0.4, -0.2) is 16.2 Å². The lowest BCUT2D eigenvalue weighted by atomic mass is 10.2. The van der Waals surface area contributed by atoms with Gasteiger partial charge in [0.05, 0.1) is 23.7 Å². The van der Waals surface area contributed by atoms with Crippen molar-refractivity contribution in [2.75, 3.05) is 6.61 Å². The van der Waals surface area contributed by atoms with Crippen LogP contribution < -0.4 is 10.5 Å². The molecule has 0 amide bonds. The highest BCUT2D eigenvalue weighted by atomic mass is 35.5. The quantitative estimate of drug-likeness (QED) is 0.580. The molecule has 1 unspecified atom stereocenters. The minimum atomic E-state index is -0.0299. The fraction of sp³-hybridized carbons (Fsp3) is 0.350. The van der Waals surface area contributed by atoms with Crippen molar-refractivity contribution in [1.82, 2.24) is 9.55 Å². The van der Waals surface area contributed by atoms with E-state index in [0.29, 0.717) is 6.61 Å². The van der Waals surface area contributed by atoms with Crippen LogP contribution in [0.25, 0.3) is 11.0 Å². The summed E-state index contributed by atoms with van der Waals surface area (Å²) in [5, 5.41) is 0.721. The van der Waals surface area contributed by atoms with Gasteiger partial charge in [-0.15, -0.1) is 0 Å². The monoisotopic (exact) mass is 357 g/mol. The van der Waals surface area contributed by atoms with Gasteiger partial charge in [-0.05, 0) is 55.7 Å². The number of aryl methyl sites for hydroxylation is 1. The van der Waals surface area contributed by atoms with Crippen molar-refractivity contribution in [3.63, 3.8) is 0 Å². The van der Waals surface area contributed by atoms with Crippen molar-refractivity contribution in [2.24, 2.45) is 5.73 Å². The number of rotatable bonds is 8. The van der Waals surface area contributed by atoms with Crippen LogP contribution in [0.5, 0.6) is 5.75 Å². The minimum Gasteiger partial charge on any atom is -0.494 e. The van der Waals surface area contributed by atoms with Gasteiger partial charge in [0.1, 0.15) is 11.6 Å². The van der Waals surface area contributed by atoms with E-state index >= 15 is 0 Å². The summed E-state index contributed by atoms with van der Waals surface area (Å²) in [5.74, 6) is 1.83. The number of imidazole rings is 1. The second-order valence-electron chi connectivity index (χ2n) is 6.13. The predicted octanol–water partition coefficient (Wildman–Crippen LogP) is 4.96. The van der Waals surface area contributed by atoms with Crippen LogP contribution in [-0.2, 0) is 6.54 Å². The van der Waals surface area contributed by atoms with Gasteiger partial charge >= 0.3 is 0 Å². The molecule has 3 rings (SSSR count). The first-order chi connectivity index (χ1) is 12.2. The molecule has 0 spiro atoms. The van der Waals surface area contributed by atoms with Gasteiger partial charge in [0.2, 0.25) is 0 Å². The molecule has 0 fully saturated rings. The molecule has 1 heterocycles. The van der Waals surface area contributed by atoms with Gasteiger partial charge in [-0.25, -0.2) is 4.98 Å². The Morgan fingerprint density at radius 2 is 1.88 bits per heavy atom. The van der Waals surface area contributed by atoms with Crippen molar-refractivity contribution in [2.45, 2.75) is 38.8 Å². The smallest absolute Gasteiger partial charge is 0.126 e. The van der Waals surface area contributed by atoms with E-state index in [2.05, 4.69) is 17.6 Å². The SMILES string of the molecule is CCC(N)c1nc2ccccc2n1CCCCOc1ccc(Cl)cc1. The van der Waals surface area contributed by atoms with Gasteiger partial charge in [0.25, 0.3) is 0 Å². The van der Waals surface area contributed by atoms with E-state index in [4.69, 9.17) is 27.1 Å². The van der Waals surface area contributed by atoms with E-state index in [1.54, 1.807) is 0 Å². The molecule has 4 nitrogen and oxygen atoms in total.